The summed E-state index contributed by atoms with van der Waals surface area (Å²) in [6, 6.07) is 0.437. The third-order valence-electron chi connectivity index (χ3n) is 2.05. The van der Waals surface area contributed by atoms with Crippen LogP contribution in [0.25, 0.3) is 5.57 Å². The standard InChI is InChI=1S/C8H11N3S2/c1-5-4-6(2-3-9-5)7-10-8(12)13-11-7/h4-5,9H,2-3H2,1H3,(H,10,11,12)/t5-/m1/s1. The first-order chi connectivity index (χ1) is 6.25. The molecule has 1 atom stereocenters. The molecule has 5 heteroatoms. The summed E-state index contributed by atoms with van der Waals surface area (Å²) >= 11 is 6.38. The minimum atomic E-state index is 0.437. The van der Waals surface area contributed by atoms with Crippen molar-refractivity contribution in [3.05, 3.63) is 15.9 Å². The highest BCUT2D eigenvalue weighted by molar-refractivity contribution is 7.73. The molecule has 1 aromatic heterocycles. The van der Waals surface area contributed by atoms with Crippen molar-refractivity contribution in [2.45, 2.75) is 19.4 Å². The summed E-state index contributed by atoms with van der Waals surface area (Å²) in [6.45, 7) is 3.16. The van der Waals surface area contributed by atoms with E-state index in [1.807, 2.05) is 0 Å². The van der Waals surface area contributed by atoms with E-state index in [2.05, 4.69) is 27.7 Å². The van der Waals surface area contributed by atoms with E-state index < -0.39 is 0 Å². The summed E-state index contributed by atoms with van der Waals surface area (Å²) in [5.41, 5.74) is 1.28. The molecule has 0 spiro atoms. The number of rotatable bonds is 1. The van der Waals surface area contributed by atoms with Gasteiger partial charge < -0.3 is 5.32 Å². The van der Waals surface area contributed by atoms with E-state index in [-0.39, 0.29) is 0 Å². The van der Waals surface area contributed by atoms with Crippen molar-refractivity contribution in [3.8, 4) is 0 Å². The smallest absolute Gasteiger partial charge is 0.198 e. The molecule has 13 heavy (non-hydrogen) atoms. The van der Waals surface area contributed by atoms with Gasteiger partial charge in [0.2, 0.25) is 0 Å². The van der Waals surface area contributed by atoms with Gasteiger partial charge in [-0.25, -0.2) is 4.98 Å². The predicted octanol–water partition coefficient (Wildman–Crippen LogP) is 1.97. The first kappa shape index (κ1) is 9.05. The Hall–Kier alpha value is -0.520. The molecule has 0 radical (unpaired) electrons. The van der Waals surface area contributed by atoms with Crippen LogP contribution in [0.15, 0.2) is 6.08 Å². The Kier molecular flexibility index (Phi) is 2.57. The summed E-state index contributed by atoms with van der Waals surface area (Å²) in [7, 11) is 0. The highest BCUT2D eigenvalue weighted by atomic mass is 32.2. The van der Waals surface area contributed by atoms with Gasteiger partial charge in [0.1, 0.15) is 5.82 Å². The lowest BCUT2D eigenvalue weighted by atomic mass is 10.1. The van der Waals surface area contributed by atoms with Gasteiger partial charge in [0, 0.05) is 6.04 Å². The van der Waals surface area contributed by atoms with Crippen molar-refractivity contribution in [2.24, 2.45) is 0 Å². The maximum absolute atomic E-state index is 4.96. The van der Waals surface area contributed by atoms with Crippen LogP contribution in [0.1, 0.15) is 19.2 Å². The molecule has 2 rings (SSSR count). The zero-order valence-corrected chi connectivity index (χ0v) is 8.97. The first-order valence-electron chi connectivity index (χ1n) is 4.25. The number of aromatic amines is 1. The van der Waals surface area contributed by atoms with Gasteiger partial charge in [-0.1, -0.05) is 6.08 Å². The minimum absolute atomic E-state index is 0.437. The molecule has 0 saturated heterocycles. The second kappa shape index (κ2) is 3.69. The maximum atomic E-state index is 4.96. The van der Waals surface area contributed by atoms with Crippen molar-refractivity contribution in [1.29, 1.82) is 0 Å². The van der Waals surface area contributed by atoms with Crippen LogP contribution in [0.4, 0.5) is 0 Å². The van der Waals surface area contributed by atoms with Gasteiger partial charge in [0.05, 0.1) is 0 Å². The van der Waals surface area contributed by atoms with Crippen LogP contribution in [0, 0.1) is 3.95 Å². The van der Waals surface area contributed by atoms with E-state index >= 15 is 0 Å². The molecule has 0 aromatic carbocycles. The number of hydrogen-bond acceptors (Lipinski definition) is 4. The Morgan fingerprint density at radius 3 is 3.15 bits per heavy atom. The Bertz CT molecular complexity index is 377. The minimum Gasteiger partial charge on any atom is -0.310 e. The predicted molar refractivity (Wildman–Crippen MR) is 57.4 cm³/mol. The second-order valence-corrected chi connectivity index (χ2v) is 4.56. The summed E-state index contributed by atoms with van der Waals surface area (Å²) in [5, 5.41) is 3.35. The van der Waals surface area contributed by atoms with Crippen LogP contribution >= 0.6 is 23.8 Å². The lowest BCUT2D eigenvalue weighted by Crippen LogP contribution is -2.29. The third kappa shape index (κ3) is 2.04. The monoisotopic (exact) mass is 213 g/mol. The SMILES string of the molecule is C[C@@H]1C=C(c2nc(=S)s[nH]2)CCN1. The molecule has 0 aliphatic carbocycles. The van der Waals surface area contributed by atoms with Crippen LogP contribution in [0.2, 0.25) is 0 Å². The lowest BCUT2D eigenvalue weighted by molar-refractivity contribution is 0.619. The second-order valence-electron chi connectivity index (χ2n) is 3.12. The number of nitrogens with one attached hydrogen (secondary N) is 2. The summed E-state index contributed by atoms with van der Waals surface area (Å²) in [4.78, 5) is 4.25. The largest absolute Gasteiger partial charge is 0.310 e. The molecule has 2 heterocycles. The number of nitrogens with zero attached hydrogens (tertiary/aromatic N) is 1. The van der Waals surface area contributed by atoms with Gasteiger partial charge in [0.25, 0.3) is 0 Å². The van der Waals surface area contributed by atoms with Crippen LogP contribution < -0.4 is 5.32 Å². The van der Waals surface area contributed by atoms with Crippen LogP contribution in [0.5, 0.6) is 0 Å². The van der Waals surface area contributed by atoms with Crippen molar-refractivity contribution >= 4 is 29.3 Å². The molecular weight excluding hydrogens is 202 g/mol. The van der Waals surface area contributed by atoms with Gasteiger partial charge in [-0.3, -0.25) is 4.37 Å². The van der Waals surface area contributed by atoms with E-state index in [4.69, 9.17) is 12.2 Å². The van der Waals surface area contributed by atoms with Crippen molar-refractivity contribution < 1.29 is 0 Å². The summed E-state index contributed by atoms with van der Waals surface area (Å²) in [5.74, 6) is 0.948. The number of H-pyrrole nitrogens is 1. The zero-order valence-electron chi connectivity index (χ0n) is 7.33. The fourth-order valence-electron chi connectivity index (χ4n) is 1.44. The molecule has 0 unspecified atom stereocenters. The number of hydrogen-bond donors (Lipinski definition) is 2. The van der Waals surface area contributed by atoms with Gasteiger partial charge in [0.15, 0.2) is 3.95 Å². The Labute approximate surface area is 86.1 Å². The van der Waals surface area contributed by atoms with Gasteiger partial charge in [-0.05, 0) is 49.2 Å². The molecule has 0 fully saturated rings. The lowest BCUT2D eigenvalue weighted by Gasteiger charge is -2.17. The highest BCUT2D eigenvalue weighted by Gasteiger charge is 2.11. The third-order valence-corrected chi connectivity index (χ3v) is 2.96. The highest BCUT2D eigenvalue weighted by Crippen LogP contribution is 2.18. The van der Waals surface area contributed by atoms with Gasteiger partial charge >= 0.3 is 0 Å². The molecule has 2 N–H and O–H groups in total. The van der Waals surface area contributed by atoms with Gasteiger partial charge in [-0.15, -0.1) is 0 Å². The quantitative estimate of drug-likeness (QED) is 0.701. The average molecular weight is 213 g/mol. The first-order valence-corrected chi connectivity index (χ1v) is 5.48. The molecule has 1 aliphatic rings. The maximum Gasteiger partial charge on any atom is 0.198 e. The average Bonchev–Trinajstić information content (AvgIpc) is 2.52. The van der Waals surface area contributed by atoms with Crippen molar-refractivity contribution in [3.63, 3.8) is 0 Å². The van der Waals surface area contributed by atoms with Gasteiger partial charge in [-0.2, -0.15) is 0 Å². The molecule has 1 aliphatic heterocycles. The molecule has 0 saturated carbocycles. The Balaban J connectivity index is 2.30. The van der Waals surface area contributed by atoms with E-state index in [0.29, 0.717) is 10.00 Å². The summed E-state index contributed by atoms with van der Waals surface area (Å²) in [6.07, 6.45) is 3.23. The van der Waals surface area contributed by atoms with E-state index in [1.165, 1.54) is 17.1 Å². The number of aromatic nitrogens is 2. The fraction of sp³-hybridized carbons (Fsp3) is 0.500. The van der Waals surface area contributed by atoms with Crippen molar-refractivity contribution in [1.82, 2.24) is 14.7 Å². The molecule has 70 valence electrons. The Morgan fingerprint density at radius 2 is 2.54 bits per heavy atom. The topological polar surface area (TPSA) is 40.7 Å². The Morgan fingerprint density at radius 1 is 1.69 bits per heavy atom. The molecule has 3 nitrogen and oxygen atoms in total. The zero-order chi connectivity index (χ0) is 9.26. The molecular formula is C8H11N3S2. The normalized spacial score (nSPS) is 22.8. The van der Waals surface area contributed by atoms with Crippen LogP contribution in [-0.2, 0) is 0 Å². The van der Waals surface area contributed by atoms with E-state index in [0.717, 1.165) is 18.8 Å². The molecule has 0 bridgehead atoms. The fourth-order valence-corrected chi connectivity index (χ4v) is 2.16. The van der Waals surface area contributed by atoms with Crippen molar-refractivity contribution in [2.75, 3.05) is 6.54 Å². The van der Waals surface area contributed by atoms with Crippen LogP contribution in [0.3, 0.4) is 0 Å². The molecule has 1 aromatic rings. The molecule has 0 amide bonds. The van der Waals surface area contributed by atoms with E-state index in [1.54, 1.807) is 0 Å². The van der Waals surface area contributed by atoms with E-state index in [9.17, 15) is 0 Å². The van der Waals surface area contributed by atoms with Crippen LogP contribution in [-0.4, -0.2) is 21.9 Å². The summed E-state index contributed by atoms with van der Waals surface area (Å²) < 4.78 is 3.81.